The molecule has 1 fully saturated rings. The molecular formula is C18H28N2O3. The second-order valence-electron chi connectivity index (χ2n) is 6.66. The van der Waals surface area contributed by atoms with E-state index in [-0.39, 0.29) is 19.1 Å². The maximum atomic E-state index is 12.6. The van der Waals surface area contributed by atoms with Crippen LogP contribution in [0.25, 0.3) is 0 Å². The van der Waals surface area contributed by atoms with Crippen LogP contribution in [-0.4, -0.2) is 52.9 Å². The van der Waals surface area contributed by atoms with E-state index < -0.39 is 5.60 Å². The zero-order valence-electron chi connectivity index (χ0n) is 14.1. The monoisotopic (exact) mass is 320 g/mol. The molecule has 0 saturated carbocycles. The maximum absolute atomic E-state index is 12.6. The van der Waals surface area contributed by atoms with E-state index in [1.807, 2.05) is 0 Å². The lowest BCUT2D eigenvalue weighted by molar-refractivity contribution is -0.157. The fraction of sp³-hybridized carbons (Fsp3) is 0.611. The largest absolute Gasteiger partial charge is 0.395 e. The van der Waals surface area contributed by atoms with E-state index in [2.05, 4.69) is 43.4 Å². The molecule has 1 atom stereocenters. The van der Waals surface area contributed by atoms with Crippen LogP contribution in [0, 0.1) is 0 Å². The van der Waals surface area contributed by atoms with E-state index in [1.165, 1.54) is 5.56 Å². The van der Waals surface area contributed by atoms with Crippen molar-refractivity contribution in [3.8, 4) is 0 Å². The molecule has 1 aliphatic rings. The average molecular weight is 320 g/mol. The van der Waals surface area contributed by atoms with Gasteiger partial charge in [0.1, 0.15) is 0 Å². The quantitative estimate of drug-likeness (QED) is 0.661. The van der Waals surface area contributed by atoms with Gasteiger partial charge in [0.15, 0.2) is 5.60 Å². The summed E-state index contributed by atoms with van der Waals surface area (Å²) in [5, 5.41) is 22.3. The summed E-state index contributed by atoms with van der Waals surface area (Å²) >= 11 is 0. The third-order valence-corrected chi connectivity index (χ3v) is 4.43. The van der Waals surface area contributed by atoms with Crippen molar-refractivity contribution in [3.63, 3.8) is 0 Å². The molecule has 0 aliphatic carbocycles. The summed E-state index contributed by atoms with van der Waals surface area (Å²) < 4.78 is 0. The molecular weight excluding hydrogens is 292 g/mol. The van der Waals surface area contributed by atoms with E-state index in [9.17, 15) is 9.90 Å². The van der Waals surface area contributed by atoms with Crippen molar-refractivity contribution in [2.24, 2.45) is 0 Å². The van der Waals surface area contributed by atoms with Crippen LogP contribution in [0.2, 0.25) is 0 Å². The van der Waals surface area contributed by atoms with E-state index in [4.69, 9.17) is 5.11 Å². The normalized spacial score (nSPS) is 22.0. The highest BCUT2D eigenvalue weighted by Crippen LogP contribution is 2.24. The van der Waals surface area contributed by atoms with Crippen molar-refractivity contribution in [2.45, 2.75) is 44.8 Å². The van der Waals surface area contributed by atoms with Gasteiger partial charge in [-0.3, -0.25) is 4.79 Å². The summed E-state index contributed by atoms with van der Waals surface area (Å²) in [7, 11) is 0. The summed E-state index contributed by atoms with van der Waals surface area (Å²) in [6.07, 6.45) is 1.25. The van der Waals surface area contributed by atoms with E-state index in [0.717, 1.165) is 12.0 Å². The van der Waals surface area contributed by atoms with Gasteiger partial charge >= 0.3 is 0 Å². The van der Waals surface area contributed by atoms with Gasteiger partial charge in [0.05, 0.1) is 6.61 Å². The molecule has 2 rings (SSSR count). The number of likely N-dealkylation sites (tertiary alicyclic amines) is 1. The Morgan fingerprint density at radius 2 is 2.00 bits per heavy atom. The number of carbonyl (C=O) groups excluding carboxylic acids is 1. The molecule has 0 spiro atoms. The lowest BCUT2D eigenvalue weighted by Gasteiger charge is -2.38. The third-order valence-electron chi connectivity index (χ3n) is 4.43. The highest BCUT2D eigenvalue weighted by atomic mass is 16.3. The van der Waals surface area contributed by atoms with Crippen LogP contribution in [0.3, 0.4) is 0 Å². The van der Waals surface area contributed by atoms with Gasteiger partial charge in [0.25, 0.3) is 5.91 Å². The summed E-state index contributed by atoms with van der Waals surface area (Å²) in [6.45, 7) is 6.08. The van der Waals surface area contributed by atoms with Gasteiger partial charge < -0.3 is 20.4 Å². The van der Waals surface area contributed by atoms with Crippen LogP contribution >= 0.6 is 0 Å². The van der Waals surface area contributed by atoms with Crippen molar-refractivity contribution in [3.05, 3.63) is 35.4 Å². The fourth-order valence-corrected chi connectivity index (χ4v) is 2.98. The zero-order chi connectivity index (χ0) is 16.9. The predicted molar refractivity (Wildman–Crippen MR) is 90.1 cm³/mol. The number of hydrogen-bond acceptors (Lipinski definition) is 4. The van der Waals surface area contributed by atoms with Gasteiger partial charge in [0.2, 0.25) is 0 Å². The van der Waals surface area contributed by atoms with Crippen molar-refractivity contribution in [1.29, 1.82) is 0 Å². The first-order valence-corrected chi connectivity index (χ1v) is 8.38. The van der Waals surface area contributed by atoms with Gasteiger partial charge in [-0.25, -0.2) is 0 Å². The topological polar surface area (TPSA) is 72.8 Å². The molecule has 1 aromatic rings. The molecule has 3 N–H and O–H groups in total. The number of hydrogen-bond donors (Lipinski definition) is 3. The average Bonchev–Trinajstić information content (AvgIpc) is 2.53. The first kappa shape index (κ1) is 17.9. The molecule has 1 aliphatic heterocycles. The predicted octanol–water partition coefficient (Wildman–Crippen LogP) is 1.25. The number of aliphatic hydroxyl groups is 2. The Bertz CT molecular complexity index is 516. The van der Waals surface area contributed by atoms with E-state index in [0.29, 0.717) is 32.0 Å². The molecule has 1 aromatic carbocycles. The molecule has 5 heteroatoms. The summed E-state index contributed by atoms with van der Waals surface area (Å²) in [4.78, 5) is 14.3. The van der Waals surface area contributed by atoms with Crippen LogP contribution in [0.4, 0.5) is 0 Å². The van der Waals surface area contributed by atoms with Crippen LogP contribution in [0.15, 0.2) is 24.3 Å². The molecule has 128 valence electrons. The van der Waals surface area contributed by atoms with Crippen molar-refractivity contribution in [2.75, 3.05) is 26.2 Å². The third kappa shape index (κ3) is 4.53. The Hall–Kier alpha value is -1.43. The number of rotatable bonds is 7. The van der Waals surface area contributed by atoms with Gasteiger partial charge in [-0.15, -0.1) is 0 Å². The number of carbonyl (C=O) groups is 1. The highest BCUT2D eigenvalue weighted by molar-refractivity contribution is 5.86. The number of piperidine rings is 1. The van der Waals surface area contributed by atoms with E-state index in [1.54, 1.807) is 4.90 Å². The first-order chi connectivity index (χ1) is 11.0. The smallest absolute Gasteiger partial charge is 0.256 e. The van der Waals surface area contributed by atoms with E-state index >= 15 is 0 Å². The minimum absolute atomic E-state index is 0.00379. The molecule has 0 bridgehead atoms. The molecule has 0 radical (unpaired) electrons. The molecule has 1 unspecified atom stereocenters. The fourth-order valence-electron chi connectivity index (χ4n) is 2.98. The SMILES string of the molecule is CC(C)c1ccc(CN2CCCC(O)(CNCCO)C2=O)cc1. The summed E-state index contributed by atoms with van der Waals surface area (Å²) in [5.74, 6) is 0.269. The number of amides is 1. The molecule has 5 nitrogen and oxygen atoms in total. The number of nitrogens with zero attached hydrogens (tertiary/aromatic N) is 1. The van der Waals surface area contributed by atoms with Gasteiger partial charge in [-0.05, 0) is 29.9 Å². The molecule has 23 heavy (non-hydrogen) atoms. The van der Waals surface area contributed by atoms with Gasteiger partial charge in [-0.1, -0.05) is 38.1 Å². The Morgan fingerprint density at radius 3 is 2.61 bits per heavy atom. The van der Waals surface area contributed by atoms with Crippen LogP contribution in [0.1, 0.15) is 43.7 Å². The molecule has 1 heterocycles. The lowest BCUT2D eigenvalue weighted by atomic mass is 9.91. The van der Waals surface area contributed by atoms with Crippen molar-refractivity contribution >= 4 is 5.91 Å². The zero-order valence-corrected chi connectivity index (χ0v) is 14.1. The van der Waals surface area contributed by atoms with Crippen molar-refractivity contribution < 1.29 is 15.0 Å². The second-order valence-corrected chi connectivity index (χ2v) is 6.66. The van der Waals surface area contributed by atoms with Crippen LogP contribution in [0.5, 0.6) is 0 Å². The first-order valence-electron chi connectivity index (χ1n) is 8.38. The second kappa shape index (κ2) is 7.90. The summed E-state index contributed by atoms with van der Waals surface area (Å²) in [6, 6.07) is 8.31. The number of nitrogens with one attached hydrogen (secondary N) is 1. The minimum atomic E-state index is -1.36. The highest BCUT2D eigenvalue weighted by Gasteiger charge is 2.41. The number of aliphatic hydroxyl groups excluding tert-OH is 1. The Kier molecular flexibility index (Phi) is 6.16. The van der Waals surface area contributed by atoms with Crippen molar-refractivity contribution in [1.82, 2.24) is 10.2 Å². The Labute approximate surface area is 138 Å². The Balaban J connectivity index is 2.00. The molecule has 0 aromatic heterocycles. The Morgan fingerprint density at radius 1 is 1.30 bits per heavy atom. The van der Waals surface area contributed by atoms with Gasteiger partial charge in [0, 0.05) is 26.2 Å². The molecule has 1 saturated heterocycles. The van der Waals surface area contributed by atoms with Crippen LogP contribution < -0.4 is 5.32 Å². The summed E-state index contributed by atoms with van der Waals surface area (Å²) in [5.41, 5.74) is 1.00. The standard InChI is InChI=1S/C18H28N2O3/c1-14(2)16-6-4-15(5-7-16)12-20-10-3-8-18(23,17(20)22)13-19-9-11-21/h4-7,14,19,21,23H,3,8-13H2,1-2H3. The van der Waals surface area contributed by atoms with Crippen LogP contribution in [-0.2, 0) is 11.3 Å². The minimum Gasteiger partial charge on any atom is -0.395 e. The maximum Gasteiger partial charge on any atom is 0.256 e. The number of benzene rings is 1. The van der Waals surface area contributed by atoms with Gasteiger partial charge in [-0.2, -0.15) is 0 Å². The molecule has 1 amide bonds. The lowest BCUT2D eigenvalue weighted by Crippen LogP contribution is -2.57.